The number of ether oxygens (including phenoxy) is 1. The van der Waals surface area contributed by atoms with Crippen LogP contribution < -0.4 is 16.0 Å². The largest absolute Gasteiger partial charge is 0.416 e. The highest BCUT2D eigenvalue weighted by atomic mass is 32.2. The molecular formula is C16H18F3N5O2S2. The van der Waals surface area contributed by atoms with Crippen molar-refractivity contribution >= 4 is 45.5 Å². The van der Waals surface area contributed by atoms with Gasteiger partial charge in [0.05, 0.1) is 35.4 Å². The molecule has 1 aliphatic rings. The normalized spacial score (nSPS) is 16.1. The molecule has 3 rings (SSSR count). The Labute approximate surface area is 167 Å². The molecule has 0 unspecified atom stereocenters. The van der Waals surface area contributed by atoms with E-state index >= 15 is 0 Å². The first-order valence-corrected chi connectivity index (χ1v) is 10.0. The first-order chi connectivity index (χ1) is 13.2. The summed E-state index contributed by atoms with van der Waals surface area (Å²) in [5.41, 5.74) is 5.35. The second-order valence-corrected chi connectivity index (χ2v) is 8.58. The number of amides is 1. The number of thioether (sulfide) groups is 1. The number of carbonyl (C=O) groups excluding carboxylic acids is 1. The number of morpholine rings is 1. The number of hydrogen-bond acceptors (Lipinski definition) is 8. The minimum absolute atomic E-state index is 0.117. The third-order valence-electron chi connectivity index (χ3n) is 4.00. The molecule has 1 aromatic heterocycles. The number of carbonyl (C=O) groups is 1. The summed E-state index contributed by atoms with van der Waals surface area (Å²) >= 11 is 2.28. The van der Waals surface area contributed by atoms with E-state index in [0.29, 0.717) is 36.3 Å². The predicted molar refractivity (Wildman–Crippen MR) is 103 cm³/mol. The molecule has 0 radical (unpaired) electrons. The van der Waals surface area contributed by atoms with Gasteiger partial charge in [-0.25, -0.2) is 0 Å². The van der Waals surface area contributed by atoms with Gasteiger partial charge in [0.15, 0.2) is 4.34 Å². The van der Waals surface area contributed by atoms with Gasteiger partial charge in [0.2, 0.25) is 11.0 Å². The number of alkyl halides is 3. The molecule has 2 heterocycles. The van der Waals surface area contributed by atoms with Crippen LogP contribution in [0.4, 0.5) is 29.7 Å². The number of nitrogens with zero attached hydrogens (tertiary/aromatic N) is 3. The molecule has 0 bridgehead atoms. The fourth-order valence-corrected chi connectivity index (χ4v) is 4.38. The summed E-state index contributed by atoms with van der Waals surface area (Å²) in [4.78, 5) is 14.5. The van der Waals surface area contributed by atoms with Gasteiger partial charge in [-0.3, -0.25) is 4.79 Å². The molecule has 2 aromatic rings. The minimum Gasteiger partial charge on any atom is -0.378 e. The fraction of sp³-hybridized carbons (Fsp3) is 0.438. The maximum atomic E-state index is 13.2. The summed E-state index contributed by atoms with van der Waals surface area (Å²) in [6, 6.07) is 3.36. The molecule has 12 heteroatoms. The topological polar surface area (TPSA) is 93.4 Å². The molecule has 1 aromatic carbocycles. The zero-order chi connectivity index (χ0) is 20.3. The van der Waals surface area contributed by atoms with Gasteiger partial charge in [0.1, 0.15) is 0 Å². The monoisotopic (exact) mass is 433 g/mol. The third-order valence-corrected chi connectivity index (χ3v) is 5.94. The van der Waals surface area contributed by atoms with Crippen LogP contribution in [0.25, 0.3) is 0 Å². The van der Waals surface area contributed by atoms with Crippen LogP contribution in [0.5, 0.6) is 0 Å². The molecule has 1 saturated heterocycles. The fourth-order valence-electron chi connectivity index (χ4n) is 2.60. The van der Waals surface area contributed by atoms with Crippen molar-refractivity contribution in [3.8, 4) is 0 Å². The number of nitrogens with one attached hydrogen (secondary N) is 1. The molecule has 1 fully saturated rings. The Balaban J connectivity index is 1.81. The molecule has 28 heavy (non-hydrogen) atoms. The van der Waals surface area contributed by atoms with Gasteiger partial charge >= 0.3 is 6.18 Å². The highest BCUT2D eigenvalue weighted by Gasteiger charge is 2.32. The third kappa shape index (κ3) is 5.06. The minimum atomic E-state index is -4.51. The van der Waals surface area contributed by atoms with E-state index in [9.17, 15) is 18.0 Å². The first kappa shape index (κ1) is 20.7. The molecule has 152 valence electrons. The van der Waals surface area contributed by atoms with E-state index < -0.39 is 22.9 Å². The average molecular weight is 433 g/mol. The van der Waals surface area contributed by atoms with Crippen molar-refractivity contribution in [3.63, 3.8) is 0 Å². The van der Waals surface area contributed by atoms with Crippen molar-refractivity contribution in [2.75, 3.05) is 42.3 Å². The van der Waals surface area contributed by atoms with E-state index in [0.717, 1.165) is 35.2 Å². The Bertz CT molecular complexity index is 840. The second-order valence-electron chi connectivity index (χ2n) is 5.98. The number of nitrogens with two attached hydrogens (primary N) is 1. The second kappa shape index (κ2) is 8.53. The lowest BCUT2D eigenvalue weighted by Crippen LogP contribution is -2.37. The molecule has 0 spiro atoms. The van der Waals surface area contributed by atoms with Gasteiger partial charge in [0.25, 0.3) is 0 Å². The van der Waals surface area contributed by atoms with Gasteiger partial charge in [-0.2, -0.15) is 13.2 Å². The van der Waals surface area contributed by atoms with Crippen molar-refractivity contribution in [2.24, 2.45) is 0 Å². The number of nitrogen functional groups attached to an aromatic ring is 1. The Morgan fingerprint density at radius 2 is 2.07 bits per heavy atom. The summed E-state index contributed by atoms with van der Waals surface area (Å²) in [6.07, 6.45) is -4.51. The Morgan fingerprint density at radius 3 is 2.68 bits per heavy atom. The van der Waals surface area contributed by atoms with E-state index in [-0.39, 0.29) is 10.8 Å². The average Bonchev–Trinajstić information content (AvgIpc) is 3.06. The highest BCUT2D eigenvalue weighted by Crippen LogP contribution is 2.36. The van der Waals surface area contributed by atoms with E-state index in [1.807, 2.05) is 4.90 Å². The van der Waals surface area contributed by atoms with Gasteiger partial charge < -0.3 is 20.7 Å². The van der Waals surface area contributed by atoms with Crippen LogP contribution in [0.3, 0.4) is 0 Å². The summed E-state index contributed by atoms with van der Waals surface area (Å²) in [5.74, 6) is -0.437. The van der Waals surface area contributed by atoms with Gasteiger partial charge in [0, 0.05) is 13.1 Å². The summed E-state index contributed by atoms with van der Waals surface area (Å²) < 4.78 is 45.3. The van der Waals surface area contributed by atoms with Gasteiger partial charge in [-0.05, 0) is 25.1 Å². The van der Waals surface area contributed by atoms with Crippen molar-refractivity contribution in [1.82, 2.24) is 10.2 Å². The van der Waals surface area contributed by atoms with E-state index in [1.165, 1.54) is 6.07 Å². The van der Waals surface area contributed by atoms with Crippen LogP contribution in [0.2, 0.25) is 0 Å². The number of aromatic nitrogens is 2. The van der Waals surface area contributed by atoms with E-state index in [1.54, 1.807) is 6.92 Å². The maximum Gasteiger partial charge on any atom is 0.416 e. The Kier molecular flexibility index (Phi) is 6.30. The number of halogens is 3. The van der Waals surface area contributed by atoms with Crippen LogP contribution in [0.1, 0.15) is 12.5 Å². The molecule has 7 nitrogen and oxygen atoms in total. The summed E-state index contributed by atoms with van der Waals surface area (Å²) in [6.45, 7) is 3.64. The van der Waals surface area contributed by atoms with E-state index in [4.69, 9.17) is 10.5 Å². The smallest absolute Gasteiger partial charge is 0.378 e. The molecule has 1 atom stereocenters. The highest BCUT2D eigenvalue weighted by molar-refractivity contribution is 8.02. The Hall–Kier alpha value is -2.05. The molecule has 1 aliphatic heterocycles. The Morgan fingerprint density at radius 1 is 1.36 bits per heavy atom. The van der Waals surface area contributed by atoms with Crippen LogP contribution >= 0.6 is 23.1 Å². The molecular weight excluding hydrogens is 415 g/mol. The molecule has 3 N–H and O–H groups in total. The molecule has 0 saturated carbocycles. The van der Waals surface area contributed by atoms with Crippen molar-refractivity contribution < 1.29 is 22.7 Å². The van der Waals surface area contributed by atoms with E-state index in [2.05, 4.69) is 15.5 Å². The maximum absolute atomic E-state index is 13.2. The standard InChI is InChI=1S/C16H18F3N5O2S2/c1-9(27-15-23-22-14(20)28-15)13(25)21-11-8-10(16(17,18)19)2-3-12(11)24-4-6-26-7-5-24/h2-3,8-9H,4-7H2,1H3,(H2,20,22)(H,21,25)/t9-/m0/s1. The lowest BCUT2D eigenvalue weighted by atomic mass is 10.1. The lowest BCUT2D eigenvalue weighted by molar-refractivity contribution is -0.137. The summed E-state index contributed by atoms with van der Waals surface area (Å²) in [7, 11) is 0. The molecule has 1 amide bonds. The van der Waals surface area contributed by atoms with Crippen LogP contribution in [-0.2, 0) is 15.7 Å². The quantitative estimate of drug-likeness (QED) is 0.700. The number of hydrogen-bond donors (Lipinski definition) is 2. The van der Waals surface area contributed by atoms with Crippen LogP contribution in [0.15, 0.2) is 22.5 Å². The molecule has 0 aliphatic carbocycles. The predicted octanol–water partition coefficient (Wildman–Crippen LogP) is 3.10. The zero-order valence-electron chi connectivity index (χ0n) is 14.8. The van der Waals surface area contributed by atoms with Crippen molar-refractivity contribution in [2.45, 2.75) is 22.7 Å². The lowest BCUT2D eigenvalue weighted by Gasteiger charge is -2.31. The summed E-state index contributed by atoms with van der Waals surface area (Å²) in [5, 5.41) is 9.83. The SMILES string of the molecule is C[C@H](Sc1nnc(N)s1)C(=O)Nc1cc(C(F)(F)F)ccc1N1CCOCC1. The number of benzene rings is 1. The van der Waals surface area contributed by atoms with Crippen molar-refractivity contribution in [1.29, 1.82) is 0 Å². The van der Waals surface area contributed by atoms with Gasteiger partial charge in [-0.1, -0.05) is 23.1 Å². The van der Waals surface area contributed by atoms with Crippen molar-refractivity contribution in [3.05, 3.63) is 23.8 Å². The van der Waals surface area contributed by atoms with Crippen LogP contribution in [0, 0.1) is 0 Å². The van der Waals surface area contributed by atoms with Crippen LogP contribution in [-0.4, -0.2) is 47.7 Å². The number of rotatable bonds is 5. The first-order valence-electron chi connectivity index (χ1n) is 8.34. The zero-order valence-corrected chi connectivity index (χ0v) is 16.5. The van der Waals surface area contributed by atoms with Gasteiger partial charge in [-0.15, -0.1) is 10.2 Å². The number of anilines is 3.